The molecule has 0 saturated carbocycles. The first kappa shape index (κ1) is 12.5. The molecule has 0 bridgehead atoms. The highest BCUT2D eigenvalue weighted by Crippen LogP contribution is 2.29. The quantitative estimate of drug-likeness (QED) is 0.588. The molecular formula is C13H16N2O3. The number of allylic oxidation sites excluding steroid dienone is 1. The average Bonchev–Trinajstić information content (AvgIpc) is 2.33. The summed E-state index contributed by atoms with van der Waals surface area (Å²) < 4.78 is 6.52. The first-order chi connectivity index (χ1) is 8.63. The van der Waals surface area contributed by atoms with Crippen molar-refractivity contribution in [3.8, 4) is 0 Å². The Morgan fingerprint density at radius 3 is 3.17 bits per heavy atom. The second kappa shape index (κ2) is 5.16. The van der Waals surface area contributed by atoms with Gasteiger partial charge in [0.05, 0.1) is 6.61 Å². The Labute approximate surface area is 105 Å². The molecule has 0 saturated heterocycles. The van der Waals surface area contributed by atoms with E-state index in [1.165, 1.54) is 18.3 Å². The molecule has 0 aromatic carbocycles. The van der Waals surface area contributed by atoms with E-state index in [1.807, 2.05) is 6.92 Å². The van der Waals surface area contributed by atoms with E-state index in [4.69, 9.17) is 4.74 Å². The lowest BCUT2D eigenvalue weighted by atomic mass is 10.00. The van der Waals surface area contributed by atoms with Crippen molar-refractivity contribution < 1.29 is 9.53 Å². The number of carbonyl (C=O) groups excluding carboxylic acids is 1. The summed E-state index contributed by atoms with van der Waals surface area (Å²) in [5, 5.41) is 0. The van der Waals surface area contributed by atoms with Crippen molar-refractivity contribution in [3.05, 3.63) is 34.5 Å². The number of hydrogen-bond donors (Lipinski definition) is 0. The topological polar surface area (TPSA) is 61.2 Å². The zero-order chi connectivity index (χ0) is 13.1. The Morgan fingerprint density at radius 1 is 1.67 bits per heavy atom. The third-order valence-corrected chi connectivity index (χ3v) is 3.02. The van der Waals surface area contributed by atoms with E-state index in [1.54, 1.807) is 11.5 Å². The summed E-state index contributed by atoms with van der Waals surface area (Å²) in [6, 6.07) is 1.55. The summed E-state index contributed by atoms with van der Waals surface area (Å²) in [6.45, 7) is 4.08. The van der Waals surface area contributed by atoms with Crippen LogP contribution in [-0.2, 0) is 9.53 Å². The van der Waals surface area contributed by atoms with Gasteiger partial charge in [-0.15, -0.1) is 0 Å². The molecule has 0 spiro atoms. The van der Waals surface area contributed by atoms with E-state index in [0.717, 1.165) is 18.4 Å². The Hall–Kier alpha value is -1.91. The van der Waals surface area contributed by atoms with E-state index in [0.29, 0.717) is 12.4 Å². The summed E-state index contributed by atoms with van der Waals surface area (Å²) in [5.41, 5.74) is 0.686. The maximum Gasteiger partial charge on any atom is 0.331 e. The standard InChI is InChI=1S/C13H16N2O3/c1-3-18-12(17)8-10-5-4-9(2)15-11(16)6-7-14-13(10)15/h6-9H,3-5H2,1-2H3/b10-8+/t9-/m1/s1. The molecule has 18 heavy (non-hydrogen) atoms. The Morgan fingerprint density at radius 2 is 2.44 bits per heavy atom. The van der Waals surface area contributed by atoms with Crippen LogP contribution in [0.2, 0.25) is 0 Å². The maximum absolute atomic E-state index is 11.8. The minimum atomic E-state index is -0.383. The van der Waals surface area contributed by atoms with Crippen LogP contribution in [0.3, 0.4) is 0 Å². The van der Waals surface area contributed by atoms with Crippen LogP contribution in [0.4, 0.5) is 0 Å². The third-order valence-electron chi connectivity index (χ3n) is 3.02. The highest BCUT2D eigenvalue weighted by Gasteiger charge is 2.22. The van der Waals surface area contributed by atoms with Crippen molar-refractivity contribution in [3.63, 3.8) is 0 Å². The number of rotatable bonds is 2. The first-order valence-electron chi connectivity index (χ1n) is 6.08. The van der Waals surface area contributed by atoms with E-state index >= 15 is 0 Å². The highest BCUT2D eigenvalue weighted by molar-refractivity contribution is 5.90. The number of hydrogen-bond acceptors (Lipinski definition) is 4. The van der Waals surface area contributed by atoms with Gasteiger partial charge in [-0.1, -0.05) is 0 Å². The lowest BCUT2D eigenvalue weighted by Crippen LogP contribution is -2.29. The number of nitrogens with zero attached hydrogens (tertiary/aromatic N) is 2. The maximum atomic E-state index is 11.8. The van der Waals surface area contributed by atoms with E-state index < -0.39 is 0 Å². The lowest BCUT2D eigenvalue weighted by molar-refractivity contribution is -0.137. The van der Waals surface area contributed by atoms with Crippen molar-refractivity contribution in [2.75, 3.05) is 6.61 Å². The van der Waals surface area contributed by atoms with Crippen LogP contribution in [0.15, 0.2) is 23.1 Å². The van der Waals surface area contributed by atoms with Gasteiger partial charge < -0.3 is 4.74 Å². The second-order valence-corrected chi connectivity index (χ2v) is 4.29. The summed E-state index contributed by atoms with van der Waals surface area (Å²) >= 11 is 0. The van der Waals surface area contributed by atoms with Gasteiger partial charge in [0.15, 0.2) is 0 Å². The molecule has 1 aromatic rings. The molecule has 2 heterocycles. The number of carbonyl (C=O) groups is 1. The summed E-state index contributed by atoms with van der Waals surface area (Å²) in [7, 11) is 0. The highest BCUT2D eigenvalue weighted by atomic mass is 16.5. The molecule has 0 N–H and O–H groups in total. The normalized spacial score (nSPS) is 20.6. The van der Waals surface area contributed by atoms with E-state index in [-0.39, 0.29) is 17.6 Å². The number of fused-ring (bicyclic) bond motifs is 1. The molecule has 1 aliphatic rings. The van der Waals surface area contributed by atoms with Gasteiger partial charge in [-0.25, -0.2) is 9.78 Å². The van der Waals surface area contributed by atoms with Crippen molar-refractivity contribution in [1.82, 2.24) is 9.55 Å². The van der Waals surface area contributed by atoms with Crippen LogP contribution in [-0.4, -0.2) is 22.1 Å². The van der Waals surface area contributed by atoms with Crippen molar-refractivity contribution in [2.45, 2.75) is 32.7 Å². The molecule has 0 aliphatic carbocycles. The molecule has 5 heteroatoms. The van der Waals surface area contributed by atoms with Gasteiger partial charge in [-0.3, -0.25) is 9.36 Å². The van der Waals surface area contributed by atoms with Gasteiger partial charge in [-0.2, -0.15) is 0 Å². The number of esters is 1. The van der Waals surface area contributed by atoms with Gasteiger partial charge in [0.1, 0.15) is 5.82 Å². The Balaban J connectivity index is 2.44. The van der Waals surface area contributed by atoms with E-state index in [2.05, 4.69) is 4.98 Å². The fourth-order valence-electron chi connectivity index (χ4n) is 2.15. The molecule has 1 aliphatic heterocycles. The third kappa shape index (κ3) is 2.34. The largest absolute Gasteiger partial charge is 0.463 e. The molecule has 0 amide bonds. The summed E-state index contributed by atoms with van der Waals surface area (Å²) in [6.07, 6.45) is 4.47. The number of ether oxygens (including phenoxy) is 1. The van der Waals surface area contributed by atoms with Crippen molar-refractivity contribution in [1.29, 1.82) is 0 Å². The van der Waals surface area contributed by atoms with Gasteiger partial charge in [-0.05, 0) is 26.7 Å². The molecule has 0 unspecified atom stereocenters. The van der Waals surface area contributed by atoms with Crippen LogP contribution >= 0.6 is 0 Å². The van der Waals surface area contributed by atoms with Gasteiger partial charge in [0, 0.05) is 30.0 Å². The van der Waals surface area contributed by atoms with Crippen molar-refractivity contribution >= 4 is 11.5 Å². The molecular weight excluding hydrogens is 232 g/mol. The SMILES string of the molecule is CCOC(=O)/C=C1\CC[C@@H](C)n2c1nccc2=O. The van der Waals surface area contributed by atoms with Crippen LogP contribution in [0.1, 0.15) is 38.6 Å². The van der Waals surface area contributed by atoms with Crippen LogP contribution in [0.25, 0.3) is 5.57 Å². The van der Waals surface area contributed by atoms with Gasteiger partial charge in [0.25, 0.3) is 5.56 Å². The Kier molecular flexibility index (Phi) is 3.60. The molecule has 96 valence electrons. The fraction of sp³-hybridized carbons (Fsp3) is 0.462. The predicted octanol–water partition coefficient (Wildman–Crippen LogP) is 1.54. The lowest BCUT2D eigenvalue weighted by Gasteiger charge is -2.25. The number of aromatic nitrogens is 2. The molecule has 5 nitrogen and oxygen atoms in total. The van der Waals surface area contributed by atoms with E-state index in [9.17, 15) is 9.59 Å². The van der Waals surface area contributed by atoms with Crippen molar-refractivity contribution in [2.24, 2.45) is 0 Å². The molecule has 2 rings (SSSR count). The monoisotopic (exact) mass is 248 g/mol. The first-order valence-corrected chi connectivity index (χ1v) is 6.08. The van der Waals surface area contributed by atoms with Crippen LogP contribution in [0.5, 0.6) is 0 Å². The molecule has 1 atom stereocenters. The van der Waals surface area contributed by atoms with Gasteiger partial charge in [0.2, 0.25) is 0 Å². The zero-order valence-corrected chi connectivity index (χ0v) is 10.5. The minimum Gasteiger partial charge on any atom is -0.463 e. The summed E-state index contributed by atoms with van der Waals surface area (Å²) in [4.78, 5) is 27.5. The molecule has 1 aromatic heterocycles. The molecule has 0 radical (unpaired) electrons. The van der Waals surface area contributed by atoms with Gasteiger partial charge >= 0.3 is 5.97 Å². The second-order valence-electron chi connectivity index (χ2n) is 4.29. The zero-order valence-electron chi connectivity index (χ0n) is 10.5. The fourth-order valence-corrected chi connectivity index (χ4v) is 2.15. The van der Waals surface area contributed by atoms with Crippen LogP contribution < -0.4 is 5.56 Å². The smallest absolute Gasteiger partial charge is 0.331 e. The Bertz CT molecular complexity index is 545. The predicted molar refractivity (Wildman–Crippen MR) is 67.1 cm³/mol. The summed E-state index contributed by atoms with van der Waals surface area (Å²) in [5.74, 6) is 0.195. The molecule has 0 fully saturated rings. The van der Waals surface area contributed by atoms with Crippen LogP contribution in [0, 0.1) is 0 Å². The average molecular weight is 248 g/mol. The minimum absolute atomic E-state index is 0.0815.